The summed E-state index contributed by atoms with van der Waals surface area (Å²) in [5.41, 5.74) is 1.71. The molecular formula is C14H15NO6. The molecule has 1 aromatic carbocycles. The van der Waals surface area contributed by atoms with Crippen molar-refractivity contribution in [2.75, 3.05) is 21.3 Å². The van der Waals surface area contributed by atoms with Crippen LogP contribution in [0.15, 0.2) is 22.7 Å². The first-order valence-corrected chi connectivity index (χ1v) is 6.05. The third kappa shape index (κ3) is 2.97. The maximum absolute atomic E-state index is 10.9. The number of rotatable bonds is 6. The molecule has 0 spiro atoms. The number of carboxylic acid groups (broad SMARTS) is 1. The number of carbonyl (C=O) groups is 1. The van der Waals surface area contributed by atoms with Crippen LogP contribution in [-0.4, -0.2) is 37.6 Å². The standard InChI is InChI=1S/C14H15NO6/c1-18-7-8-4-10(19-2)13(11(5-8)20-3)9-6-12(14(16)17)21-15-9/h4-6H,7H2,1-3H3,(H,16,17). The van der Waals surface area contributed by atoms with Gasteiger partial charge < -0.3 is 23.8 Å². The molecule has 0 fully saturated rings. The van der Waals surface area contributed by atoms with E-state index in [1.54, 1.807) is 19.2 Å². The molecule has 7 nitrogen and oxygen atoms in total. The van der Waals surface area contributed by atoms with Crippen molar-refractivity contribution in [3.05, 3.63) is 29.5 Å². The van der Waals surface area contributed by atoms with Gasteiger partial charge in [-0.3, -0.25) is 0 Å². The summed E-state index contributed by atoms with van der Waals surface area (Å²) in [7, 11) is 4.60. The molecule has 0 atom stereocenters. The number of hydrogen-bond donors (Lipinski definition) is 1. The minimum absolute atomic E-state index is 0.255. The van der Waals surface area contributed by atoms with Gasteiger partial charge >= 0.3 is 5.97 Å². The van der Waals surface area contributed by atoms with Crippen LogP contribution in [0.2, 0.25) is 0 Å². The normalized spacial score (nSPS) is 10.4. The van der Waals surface area contributed by atoms with Crippen LogP contribution in [0.5, 0.6) is 11.5 Å². The van der Waals surface area contributed by atoms with Crippen molar-refractivity contribution in [2.24, 2.45) is 0 Å². The lowest BCUT2D eigenvalue weighted by Crippen LogP contribution is -1.97. The van der Waals surface area contributed by atoms with Crippen LogP contribution < -0.4 is 9.47 Å². The van der Waals surface area contributed by atoms with E-state index in [9.17, 15) is 4.79 Å². The Morgan fingerprint density at radius 2 is 1.81 bits per heavy atom. The summed E-state index contributed by atoms with van der Waals surface area (Å²) >= 11 is 0. The van der Waals surface area contributed by atoms with Crippen molar-refractivity contribution in [1.82, 2.24) is 5.16 Å². The van der Waals surface area contributed by atoms with E-state index in [0.717, 1.165) is 5.56 Å². The Hall–Kier alpha value is -2.54. The van der Waals surface area contributed by atoms with E-state index in [-0.39, 0.29) is 5.76 Å². The minimum atomic E-state index is -1.19. The Bertz CT molecular complexity index is 624. The fourth-order valence-electron chi connectivity index (χ4n) is 1.96. The van der Waals surface area contributed by atoms with E-state index in [1.165, 1.54) is 20.3 Å². The summed E-state index contributed by atoms with van der Waals surface area (Å²) in [4.78, 5) is 10.9. The first-order chi connectivity index (χ1) is 10.1. The van der Waals surface area contributed by atoms with Crippen molar-refractivity contribution in [3.8, 4) is 22.8 Å². The monoisotopic (exact) mass is 293 g/mol. The van der Waals surface area contributed by atoms with Gasteiger partial charge in [0.15, 0.2) is 0 Å². The number of ether oxygens (including phenoxy) is 3. The van der Waals surface area contributed by atoms with Crippen molar-refractivity contribution in [2.45, 2.75) is 6.61 Å². The summed E-state index contributed by atoms with van der Waals surface area (Å²) in [5, 5.41) is 12.7. The van der Waals surface area contributed by atoms with Crippen molar-refractivity contribution in [3.63, 3.8) is 0 Å². The van der Waals surface area contributed by atoms with E-state index in [1.807, 2.05) is 0 Å². The smallest absolute Gasteiger partial charge is 0.374 e. The third-order valence-electron chi connectivity index (χ3n) is 2.85. The maximum Gasteiger partial charge on any atom is 0.374 e. The molecule has 0 radical (unpaired) electrons. The zero-order chi connectivity index (χ0) is 15.4. The predicted octanol–water partition coefficient (Wildman–Crippen LogP) is 2.20. The molecule has 0 amide bonds. The molecule has 0 aliphatic rings. The molecule has 0 saturated carbocycles. The lowest BCUT2D eigenvalue weighted by molar-refractivity contribution is 0.0652. The van der Waals surface area contributed by atoms with Crippen LogP contribution >= 0.6 is 0 Å². The van der Waals surface area contributed by atoms with E-state index >= 15 is 0 Å². The highest BCUT2D eigenvalue weighted by Crippen LogP contribution is 2.39. The molecule has 2 aromatic rings. The average Bonchev–Trinajstić information content (AvgIpc) is 2.96. The quantitative estimate of drug-likeness (QED) is 0.872. The third-order valence-corrected chi connectivity index (χ3v) is 2.85. The summed E-state index contributed by atoms with van der Waals surface area (Å²) < 4.78 is 20.5. The van der Waals surface area contributed by atoms with Gasteiger partial charge in [0.2, 0.25) is 5.76 Å². The molecule has 21 heavy (non-hydrogen) atoms. The second-order valence-electron chi connectivity index (χ2n) is 4.19. The van der Waals surface area contributed by atoms with E-state index in [0.29, 0.717) is 29.4 Å². The van der Waals surface area contributed by atoms with Gasteiger partial charge in [0.1, 0.15) is 17.2 Å². The molecule has 0 saturated heterocycles. The fraction of sp³-hybridized carbons (Fsp3) is 0.286. The number of aromatic carboxylic acids is 1. The maximum atomic E-state index is 10.9. The van der Waals surface area contributed by atoms with Crippen molar-refractivity contribution >= 4 is 5.97 Å². The van der Waals surface area contributed by atoms with Gasteiger partial charge in [-0.15, -0.1) is 0 Å². The predicted molar refractivity (Wildman–Crippen MR) is 72.7 cm³/mol. The van der Waals surface area contributed by atoms with Crippen LogP contribution in [0.1, 0.15) is 16.1 Å². The van der Waals surface area contributed by atoms with E-state index < -0.39 is 5.97 Å². The number of carboxylic acids is 1. The van der Waals surface area contributed by atoms with Crippen LogP contribution in [0, 0.1) is 0 Å². The van der Waals surface area contributed by atoms with Gasteiger partial charge in [0.25, 0.3) is 0 Å². The van der Waals surface area contributed by atoms with E-state index in [4.69, 9.17) is 23.8 Å². The molecule has 0 aliphatic heterocycles. The first-order valence-electron chi connectivity index (χ1n) is 6.05. The Balaban J connectivity index is 2.56. The molecule has 2 rings (SSSR count). The highest BCUT2D eigenvalue weighted by atomic mass is 16.5. The van der Waals surface area contributed by atoms with Gasteiger partial charge in [-0.25, -0.2) is 4.79 Å². The summed E-state index contributed by atoms with van der Waals surface area (Å²) in [6.45, 7) is 0.395. The Morgan fingerprint density at radius 3 is 2.24 bits per heavy atom. The molecule has 1 N–H and O–H groups in total. The van der Waals surface area contributed by atoms with Gasteiger partial charge in [-0.2, -0.15) is 0 Å². The van der Waals surface area contributed by atoms with Gasteiger partial charge in [0, 0.05) is 13.2 Å². The van der Waals surface area contributed by atoms with Crippen molar-refractivity contribution < 1.29 is 28.6 Å². The molecular weight excluding hydrogens is 278 g/mol. The van der Waals surface area contributed by atoms with Crippen LogP contribution in [0.4, 0.5) is 0 Å². The second kappa shape index (κ2) is 6.27. The van der Waals surface area contributed by atoms with Crippen molar-refractivity contribution in [1.29, 1.82) is 0 Å². The number of aromatic nitrogens is 1. The van der Waals surface area contributed by atoms with Gasteiger partial charge in [-0.05, 0) is 17.7 Å². The molecule has 1 aromatic heterocycles. The van der Waals surface area contributed by atoms with Gasteiger partial charge in [-0.1, -0.05) is 5.16 Å². The topological polar surface area (TPSA) is 91.0 Å². The molecule has 0 aliphatic carbocycles. The highest BCUT2D eigenvalue weighted by molar-refractivity contribution is 5.87. The van der Waals surface area contributed by atoms with Crippen LogP contribution in [0.25, 0.3) is 11.3 Å². The molecule has 0 bridgehead atoms. The summed E-state index contributed by atoms with van der Waals surface area (Å²) in [5.74, 6) is -0.462. The van der Waals surface area contributed by atoms with Crippen LogP contribution in [-0.2, 0) is 11.3 Å². The zero-order valence-corrected chi connectivity index (χ0v) is 11.9. The average molecular weight is 293 g/mol. The second-order valence-corrected chi connectivity index (χ2v) is 4.19. The Morgan fingerprint density at radius 1 is 1.19 bits per heavy atom. The fourth-order valence-corrected chi connectivity index (χ4v) is 1.96. The molecule has 112 valence electrons. The number of benzene rings is 1. The largest absolute Gasteiger partial charge is 0.496 e. The molecule has 7 heteroatoms. The lowest BCUT2D eigenvalue weighted by atomic mass is 10.1. The minimum Gasteiger partial charge on any atom is -0.496 e. The lowest BCUT2D eigenvalue weighted by Gasteiger charge is -2.13. The SMILES string of the molecule is COCc1cc(OC)c(-c2cc(C(=O)O)on2)c(OC)c1. The summed E-state index contributed by atoms with van der Waals surface area (Å²) in [6, 6.07) is 4.87. The van der Waals surface area contributed by atoms with Crippen LogP contribution in [0.3, 0.4) is 0 Å². The number of methoxy groups -OCH3 is 3. The Kier molecular flexibility index (Phi) is 4.44. The first kappa shape index (κ1) is 14.9. The zero-order valence-electron chi connectivity index (χ0n) is 11.9. The number of nitrogens with zero attached hydrogens (tertiary/aromatic N) is 1. The Labute approximate surface area is 121 Å². The summed E-state index contributed by atoms with van der Waals surface area (Å²) in [6.07, 6.45) is 0. The molecule has 0 unspecified atom stereocenters. The number of hydrogen-bond acceptors (Lipinski definition) is 6. The van der Waals surface area contributed by atoms with Gasteiger partial charge in [0.05, 0.1) is 26.4 Å². The van der Waals surface area contributed by atoms with E-state index in [2.05, 4.69) is 5.16 Å². The molecule has 1 heterocycles. The highest BCUT2D eigenvalue weighted by Gasteiger charge is 2.20.